The van der Waals surface area contributed by atoms with Gasteiger partial charge < -0.3 is 4.52 Å². The van der Waals surface area contributed by atoms with Crippen LogP contribution >= 0.6 is 11.6 Å². The molecule has 1 aliphatic heterocycles. The molecule has 0 saturated heterocycles. The number of hydrogen-bond donors (Lipinski definition) is 0. The zero-order valence-corrected chi connectivity index (χ0v) is 16.5. The van der Waals surface area contributed by atoms with Crippen molar-refractivity contribution in [1.29, 1.82) is 0 Å². The second kappa shape index (κ2) is 7.79. The zero-order valence-electron chi connectivity index (χ0n) is 15.7. The van der Waals surface area contributed by atoms with Crippen LogP contribution in [0.5, 0.6) is 0 Å². The third-order valence-corrected chi connectivity index (χ3v) is 5.23. The molecule has 6 heteroatoms. The van der Waals surface area contributed by atoms with Crippen molar-refractivity contribution in [3.8, 4) is 11.3 Å². The van der Waals surface area contributed by atoms with Crippen molar-refractivity contribution in [2.24, 2.45) is 0 Å². The number of fused-ring (bicyclic) bond motifs is 1. The maximum atomic E-state index is 6.07. The van der Waals surface area contributed by atoms with Crippen molar-refractivity contribution in [2.75, 3.05) is 13.1 Å². The van der Waals surface area contributed by atoms with E-state index in [1.54, 1.807) is 0 Å². The van der Waals surface area contributed by atoms with Crippen LogP contribution in [0, 0.1) is 6.92 Å². The summed E-state index contributed by atoms with van der Waals surface area (Å²) < 4.78 is 5.21. The first kappa shape index (κ1) is 18.1. The number of benzene rings is 1. The van der Waals surface area contributed by atoms with Gasteiger partial charge in [0.2, 0.25) is 0 Å². The van der Waals surface area contributed by atoms with Crippen molar-refractivity contribution in [3.05, 3.63) is 63.9 Å². The van der Waals surface area contributed by atoms with Crippen molar-refractivity contribution >= 4 is 11.6 Å². The Morgan fingerprint density at radius 2 is 1.89 bits per heavy atom. The molecule has 2 aromatic heterocycles. The lowest BCUT2D eigenvalue weighted by Gasteiger charge is -2.17. The fourth-order valence-corrected chi connectivity index (χ4v) is 3.71. The Morgan fingerprint density at radius 1 is 1.11 bits per heavy atom. The van der Waals surface area contributed by atoms with E-state index >= 15 is 0 Å². The molecule has 0 amide bonds. The lowest BCUT2D eigenvalue weighted by atomic mass is 10.0. The lowest BCUT2D eigenvalue weighted by molar-refractivity contribution is 0.268. The molecule has 4 rings (SSSR count). The summed E-state index contributed by atoms with van der Waals surface area (Å²) in [6.45, 7) is 6.74. The molecule has 0 fully saturated rings. The molecule has 0 N–H and O–H groups in total. The van der Waals surface area contributed by atoms with E-state index in [2.05, 4.69) is 17.0 Å². The van der Waals surface area contributed by atoms with Gasteiger partial charge in [-0.1, -0.05) is 35.8 Å². The topological polar surface area (TPSA) is 55.1 Å². The van der Waals surface area contributed by atoms with E-state index in [0.717, 1.165) is 72.5 Å². The molecule has 3 heterocycles. The Balaban J connectivity index is 1.63. The van der Waals surface area contributed by atoms with Gasteiger partial charge in [0, 0.05) is 60.4 Å². The van der Waals surface area contributed by atoms with Crippen LogP contribution < -0.4 is 0 Å². The van der Waals surface area contributed by atoms with Gasteiger partial charge in [-0.3, -0.25) is 4.90 Å². The molecule has 0 saturated carbocycles. The fraction of sp³-hybridized carbons (Fsp3) is 0.381. The second-order valence-corrected chi connectivity index (χ2v) is 7.42. The summed E-state index contributed by atoms with van der Waals surface area (Å²) in [5.74, 6) is 1.76. The number of aryl methyl sites for hydroxylation is 2. The van der Waals surface area contributed by atoms with E-state index in [4.69, 9.17) is 26.1 Å². The predicted molar refractivity (Wildman–Crippen MR) is 106 cm³/mol. The molecule has 3 aromatic rings. The van der Waals surface area contributed by atoms with E-state index < -0.39 is 0 Å². The maximum Gasteiger partial charge on any atom is 0.133 e. The highest BCUT2D eigenvalue weighted by Crippen LogP contribution is 2.28. The highest BCUT2D eigenvalue weighted by atomic mass is 35.5. The summed E-state index contributed by atoms with van der Waals surface area (Å²) in [6, 6.07) is 9.95. The molecule has 27 heavy (non-hydrogen) atoms. The number of nitrogens with zero attached hydrogens (tertiary/aromatic N) is 4. The zero-order chi connectivity index (χ0) is 18.8. The molecule has 0 bridgehead atoms. The number of halogens is 1. The monoisotopic (exact) mass is 382 g/mol. The van der Waals surface area contributed by atoms with E-state index in [-0.39, 0.29) is 0 Å². The van der Waals surface area contributed by atoms with Gasteiger partial charge in [-0.25, -0.2) is 9.97 Å². The van der Waals surface area contributed by atoms with Crippen LogP contribution in [0.4, 0.5) is 0 Å². The highest BCUT2D eigenvalue weighted by molar-refractivity contribution is 6.30. The number of aromatic nitrogens is 3. The number of hydrogen-bond acceptors (Lipinski definition) is 5. The maximum absolute atomic E-state index is 6.07. The van der Waals surface area contributed by atoms with Crippen molar-refractivity contribution in [3.63, 3.8) is 0 Å². The van der Waals surface area contributed by atoms with Crippen LogP contribution in [0.25, 0.3) is 11.3 Å². The first-order valence-corrected chi connectivity index (χ1v) is 9.79. The first-order chi connectivity index (χ1) is 13.1. The molecule has 1 aromatic carbocycles. The molecule has 140 valence electrons. The van der Waals surface area contributed by atoms with Gasteiger partial charge in [0.15, 0.2) is 0 Å². The molecule has 0 atom stereocenters. The van der Waals surface area contributed by atoms with Gasteiger partial charge in [-0.05, 0) is 25.5 Å². The van der Waals surface area contributed by atoms with Gasteiger partial charge in [-0.15, -0.1) is 0 Å². The van der Waals surface area contributed by atoms with Crippen molar-refractivity contribution in [2.45, 2.75) is 39.7 Å². The van der Waals surface area contributed by atoms with Gasteiger partial charge >= 0.3 is 0 Å². The minimum absolute atomic E-state index is 0.740. The Bertz CT molecular complexity index is 936. The fourth-order valence-electron chi connectivity index (χ4n) is 3.58. The van der Waals surface area contributed by atoms with Crippen LogP contribution in [0.3, 0.4) is 0 Å². The van der Waals surface area contributed by atoms with Gasteiger partial charge in [0.25, 0.3) is 0 Å². The third-order valence-electron chi connectivity index (χ3n) is 4.98. The van der Waals surface area contributed by atoms with Crippen molar-refractivity contribution < 1.29 is 4.52 Å². The van der Waals surface area contributed by atoms with E-state index in [1.807, 2.05) is 37.3 Å². The molecule has 0 spiro atoms. The van der Waals surface area contributed by atoms with Crippen LogP contribution in [0.15, 0.2) is 34.9 Å². The lowest BCUT2D eigenvalue weighted by Crippen LogP contribution is -2.26. The van der Waals surface area contributed by atoms with E-state index in [0.29, 0.717) is 0 Å². The molecular weight excluding hydrogens is 360 g/mol. The summed E-state index contributed by atoms with van der Waals surface area (Å²) in [6.07, 6.45) is 2.67. The van der Waals surface area contributed by atoms with Crippen LogP contribution in [0.2, 0.25) is 5.02 Å². The molecule has 0 radical (unpaired) electrons. The summed E-state index contributed by atoms with van der Waals surface area (Å²) in [5.41, 5.74) is 5.57. The summed E-state index contributed by atoms with van der Waals surface area (Å²) in [5, 5.41) is 4.87. The molecule has 0 aliphatic carbocycles. The van der Waals surface area contributed by atoms with Crippen molar-refractivity contribution in [1.82, 2.24) is 20.0 Å². The quantitative estimate of drug-likeness (QED) is 0.674. The Hall–Kier alpha value is -2.24. The SMILES string of the molecule is CCc1nc2c(c(-c3ccc(Cl)cc3)n1)CCN(Cc1cc(C)on1)CC2. The smallest absolute Gasteiger partial charge is 0.133 e. The summed E-state index contributed by atoms with van der Waals surface area (Å²) >= 11 is 6.07. The Labute approximate surface area is 164 Å². The van der Waals surface area contributed by atoms with Gasteiger partial charge in [-0.2, -0.15) is 0 Å². The molecule has 0 unspecified atom stereocenters. The molecule has 1 aliphatic rings. The van der Waals surface area contributed by atoms with Crippen LogP contribution in [0.1, 0.15) is 35.5 Å². The minimum Gasteiger partial charge on any atom is -0.361 e. The summed E-state index contributed by atoms with van der Waals surface area (Å²) in [4.78, 5) is 12.1. The third kappa shape index (κ3) is 4.04. The van der Waals surface area contributed by atoms with E-state index in [9.17, 15) is 0 Å². The van der Waals surface area contributed by atoms with Gasteiger partial charge in [0.05, 0.1) is 11.4 Å². The standard InChI is InChI=1S/C21H23ClN4O/c1-3-20-23-19-9-11-26(13-17-12-14(2)27-25-17)10-8-18(19)21(24-20)15-4-6-16(22)7-5-15/h4-7,12H,3,8-11,13H2,1-2H3. The Morgan fingerprint density at radius 3 is 2.59 bits per heavy atom. The normalized spacial score (nSPS) is 14.8. The molecule has 5 nitrogen and oxygen atoms in total. The van der Waals surface area contributed by atoms with Crippen LogP contribution in [-0.4, -0.2) is 33.1 Å². The van der Waals surface area contributed by atoms with Crippen LogP contribution in [-0.2, 0) is 25.8 Å². The highest BCUT2D eigenvalue weighted by Gasteiger charge is 2.21. The minimum atomic E-state index is 0.740. The Kier molecular flexibility index (Phi) is 5.23. The molecular formula is C21H23ClN4O. The number of rotatable bonds is 4. The van der Waals surface area contributed by atoms with E-state index in [1.165, 1.54) is 11.3 Å². The largest absolute Gasteiger partial charge is 0.361 e. The predicted octanol–water partition coefficient (Wildman–Crippen LogP) is 4.26. The second-order valence-electron chi connectivity index (χ2n) is 6.98. The average molecular weight is 383 g/mol. The average Bonchev–Trinajstić information content (AvgIpc) is 2.97. The van der Waals surface area contributed by atoms with Gasteiger partial charge in [0.1, 0.15) is 11.6 Å². The first-order valence-electron chi connectivity index (χ1n) is 9.41. The summed E-state index contributed by atoms with van der Waals surface area (Å²) in [7, 11) is 0.